The van der Waals surface area contributed by atoms with Crippen LogP contribution in [0, 0.1) is 5.82 Å². The Hall–Kier alpha value is -1.42. The Bertz CT molecular complexity index is 403. The second-order valence-electron chi connectivity index (χ2n) is 4.63. The Balaban J connectivity index is 1.75. The van der Waals surface area contributed by atoms with Gasteiger partial charge in [-0.3, -0.25) is 4.79 Å². The zero-order valence-electron chi connectivity index (χ0n) is 10.4. The van der Waals surface area contributed by atoms with Crippen molar-refractivity contribution in [2.24, 2.45) is 0 Å². The van der Waals surface area contributed by atoms with Crippen molar-refractivity contribution >= 4 is 5.91 Å². The summed E-state index contributed by atoms with van der Waals surface area (Å²) in [4.78, 5) is 11.8. The molecule has 98 valence electrons. The van der Waals surface area contributed by atoms with Crippen molar-refractivity contribution in [1.82, 2.24) is 10.6 Å². The van der Waals surface area contributed by atoms with Crippen LogP contribution in [0.3, 0.4) is 0 Å². The van der Waals surface area contributed by atoms with E-state index in [1.165, 1.54) is 6.07 Å². The normalized spacial score (nSPS) is 19.5. The first kappa shape index (κ1) is 13.0. The number of amides is 1. The number of hydrogen-bond acceptors (Lipinski definition) is 2. The summed E-state index contributed by atoms with van der Waals surface area (Å²) in [5.74, 6) is -0.173. The molecule has 1 aliphatic heterocycles. The highest BCUT2D eigenvalue weighted by Gasteiger charge is 2.19. The topological polar surface area (TPSA) is 41.1 Å². The van der Waals surface area contributed by atoms with Gasteiger partial charge in [0.2, 0.25) is 5.91 Å². The van der Waals surface area contributed by atoms with E-state index in [1.807, 2.05) is 6.07 Å². The largest absolute Gasteiger partial charge is 0.354 e. The molecule has 1 amide bonds. The van der Waals surface area contributed by atoms with E-state index in [1.54, 1.807) is 12.1 Å². The van der Waals surface area contributed by atoms with Crippen LogP contribution in [0.5, 0.6) is 0 Å². The molecule has 1 saturated heterocycles. The lowest BCUT2D eigenvalue weighted by molar-refractivity contribution is -0.123. The molecule has 2 rings (SSSR count). The number of nitrogens with one attached hydrogen (secondary N) is 2. The van der Waals surface area contributed by atoms with Crippen molar-refractivity contribution in [3.8, 4) is 0 Å². The molecule has 2 N–H and O–H groups in total. The van der Waals surface area contributed by atoms with Crippen molar-refractivity contribution in [2.45, 2.75) is 31.7 Å². The predicted molar refractivity (Wildman–Crippen MR) is 68.8 cm³/mol. The molecule has 4 heteroatoms. The average Bonchev–Trinajstić information content (AvgIpc) is 2.42. The Morgan fingerprint density at radius 2 is 2.22 bits per heavy atom. The summed E-state index contributed by atoms with van der Waals surface area (Å²) in [5, 5.41) is 6.05. The van der Waals surface area contributed by atoms with Gasteiger partial charge in [-0.2, -0.15) is 0 Å². The minimum absolute atomic E-state index is 0.0334. The molecule has 1 atom stereocenters. The summed E-state index contributed by atoms with van der Waals surface area (Å²) in [6.07, 6.45) is 3.66. The second kappa shape index (κ2) is 6.50. The molecule has 1 aromatic rings. The molecule has 0 unspecified atom stereocenters. The lowest BCUT2D eigenvalue weighted by Crippen LogP contribution is -2.47. The number of rotatable bonds is 4. The maximum Gasteiger partial charge on any atom is 0.237 e. The standard InChI is InChI=1S/C14H19FN2O/c15-12-6-2-1-5-11(12)8-10-17-14(18)13-7-3-4-9-16-13/h1-2,5-6,13,16H,3-4,7-10H2,(H,17,18)/t13-/m1/s1. The zero-order valence-corrected chi connectivity index (χ0v) is 10.4. The van der Waals surface area contributed by atoms with Gasteiger partial charge < -0.3 is 10.6 Å². The van der Waals surface area contributed by atoms with Crippen LogP contribution in [0.4, 0.5) is 4.39 Å². The average molecular weight is 250 g/mol. The molecule has 1 heterocycles. The van der Waals surface area contributed by atoms with E-state index >= 15 is 0 Å². The third-order valence-corrected chi connectivity index (χ3v) is 3.28. The zero-order chi connectivity index (χ0) is 12.8. The third kappa shape index (κ3) is 3.53. The molecule has 18 heavy (non-hydrogen) atoms. The van der Waals surface area contributed by atoms with Crippen LogP contribution in [0.2, 0.25) is 0 Å². The van der Waals surface area contributed by atoms with Crippen LogP contribution in [0.25, 0.3) is 0 Å². The first-order valence-corrected chi connectivity index (χ1v) is 6.52. The Morgan fingerprint density at radius 1 is 1.39 bits per heavy atom. The molecule has 0 aliphatic carbocycles. The molecule has 0 bridgehead atoms. The fourth-order valence-corrected chi connectivity index (χ4v) is 2.22. The van der Waals surface area contributed by atoms with Gasteiger partial charge in [-0.15, -0.1) is 0 Å². The molecular weight excluding hydrogens is 231 g/mol. The minimum Gasteiger partial charge on any atom is -0.354 e. The van der Waals surface area contributed by atoms with Crippen LogP contribution in [0.1, 0.15) is 24.8 Å². The number of carbonyl (C=O) groups excluding carboxylic acids is 1. The van der Waals surface area contributed by atoms with E-state index < -0.39 is 0 Å². The van der Waals surface area contributed by atoms with E-state index in [-0.39, 0.29) is 17.8 Å². The van der Waals surface area contributed by atoms with Gasteiger partial charge in [-0.25, -0.2) is 4.39 Å². The molecule has 0 radical (unpaired) electrons. The van der Waals surface area contributed by atoms with Crippen molar-refractivity contribution in [1.29, 1.82) is 0 Å². The van der Waals surface area contributed by atoms with Gasteiger partial charge in [-0.1, -0.05) is 24.6 Å². The van der Waals surface area contributed by atoms with Crippen LogP contribution in [-0.4, -0.2) is 25.0 Å². The van der Waals surface area contributed by atoms with Crippen LogP contribution in [0.15, 0.2) is 24.3 Å². The smallest absolute Gasteiger partial charge is 0.237 e. The molecular formula is C14H19FN2O. The number of carbonyl (C=O) groups is 1. The first-order chi connectivity index (χ1) is 8.77. The highest BCUT2D eigenvalue weighted by atomic mass is 19.1. The van der Waals surface area contributed by atoms with Gasteiger partial charge in [0.1, 0.15) is 5.82 Å². The summed E-state index contributed by atoms with van der Waals surface area (Å²) < 4.78 is 13.3. The van der Waals surface area contributed by atoms with Crippen LogP contribution < -0.4 is 10.6 Å². The Morgan fingerprint density at radius 3 is 2.94 bits per heavy atom. The quantitative estimate of drug-likeness (QED) is 0.852. The van der Waals surface area contributed by atoms with Crippen molar-refractivity contribution in [3.63, 3.8) is 0 Å². The van der Waals surface area contributed by atoms with Gasteiger partial charge >= 0.3 is 0 Å². The minimum atomic E-state index is -0.206. The van der Waals surface area contributed by atoms with E-state index in [0.717, 1.165) is 25.8 Å². The van der Waals surface area contributed by atoms with E-state index in [9.17, 15) is 9.18 Å². The summed E-state index contributed by atoms with van der Waals surface area (Å²) in [6, 6.07) is 6.60. The summed E-state index contributed by atoms with van der Waals surface area (Å²) in [7, 11) is 0. The summed E-state index contributed by atoms with van der Waals surface area (Å²) >= 11 is 0. The molecule has 3 nitrogen and oxygen atoms in total. The molecule has 1 aliphatic rings. The number of piperidine rings is 1. The molecule has 0 spiro atoms. The second-order valence-corrected chi connectivity index (χ2v) is 4.63. The van der Waals surface area contributed by atoms with E-state index in [4.69, 9.17) is 0 Å². The van der Waals surface area contributed by atoms with Gasteiger partial charge in [-0.05, 0) is 37.4 Å². The van der Waals surface area contributed by atoms with Gasteiger partial charge in [0.25, 0.3) is 0 Å². The monoisotopic (exact) mass is 250 g/mol. The van der Waals surface area contributed by atoms with Gasteiger partial charge in [0.15, 0.2) is 0 Å². The van der Waals surface area contributed by atoms with Crippen LogP contribution >= 0.6 is 0 Å². The molecule has 0 saturated carbocycles. The lowest BCUT2D eigenvalue weighted by Gasteiger charge is -2.22. The van der Waals surface area contributed by atoms with Crippen LogP contribution in [-0.2, 0) is 11.2 Å². The molecule has 0 aromatic heterocycles. The fraction of sp³-hybridized carbons (Fsp3) is 0.500. The Kier molecular flexibility index (Phi) is 4.70. The van der Waals surface area contributed by atoms with Gasteiger partial charge in [0, 0.05) is 6.54 Å². The molecule has 1 fully saturated rings. The number of hydrogen-bond donors (Lipinski definition) is 2. The highest BCUT2D eigenvalue weighted by molar-refractivity contribution is 5.81. The van der Waals surface area contributed by atoms with Gasteiger partial charge in [0.05, 0.1) is 6.04 Å². The predicted octanol–water partition coefficient (Wildman–Crippen LogP) is 1.63. The van der Waals surface area contributed by atoms with Crippen molar-refractivity contribution < 1.29 is 9.18 Å². The maximum atomic E-state index is 13.3. The fourth-order valence-electron chi connectivity index (χ4n) is 2.22. The van der Waals surface area contributed by atoms with E-state index in [2.05, 4.69) is 10.6 Å². The van der Waals surface area contributed by atoms with E-state index in [0.29, 0.717) is 18.5 Å². The number of halogens is 1. The SMILES string of the molecule is O=C(NCCc1ccccc1F)[C@H]1CCCCN1. The summed E-state index contributed by atoms with van der Waals surface area (Å²) in [6.45, 7) is 1.39. The third-order valence-electron chi connectivity index (χ3n) is 3.28. The van der Waals surface area contributed by atoms with Crippen molar-refractivity contribution in [3.05, 3.63) is 35.6 Å². The lowest BCUT2D eigenvalue weighted by atomic mass is 10.0. The number of benzene rings is 1. The summed E-state index contributed by atoms with van der Waals surface area (Å²) in [5.41, 5.74) is 0.648. The van der Waals surface area contributed by atoms with Crippen molar-refractivity contribution in [2.75, 3.05) is 13.1 Å². The Labute approximate surface area is 107 Å². The highest BCUT2D eigenvalue weighted by Crippen LogP contribution is 2.08. The molecule has 1 aromatic carbocycles. The maximum absolute atomic E-state index is 13.3. The first-order valence-electron chi connectivity index (χ1n) is 6.52.